The SMILES string of the molecule is CC.CN1CC2CCC(C1)N2.CN1CCNC2(CC2)C1. The molecule has 3 heterocycles. The molecule has 0 aromatic heterocycles. The third-order valence-corrected chi connectivity index (χ3v) is 4.82. The Bertz CT molecular complexity index is 278. The average Bonchev–Trinajstić information content (AvgIpc) is 3.08. The van der Waals surface area contributed by atoms with E-state index in [0.29, 0.717) is 5.54 Å². The Labute approximate surface area is 125 Å². The maximum atomic E-state index is 3.58. The molecular formula is C16H34N4. The number of hydrogen-bond acceptors (Lipinski definition) is 4. The van der Waals surface area contributed by atoms with E-state index in [1.807, 2.05) is 13.8 Å². The molecule has 2 atom stereocenters. The lowest BCUT2D eigenvalue weighted by Crippen LogP contribution is -2.50. The lowest BCUT2D eigenvalue weighted by molar-refractivity contribution is 0.227. The Morgan fingerprint density at radius 2 is 1.55 bits per heavy atom. The van der Waals surface area contributed by atoms with Crippen LogP contribution in [-0.4, -0.2) is 74.2 Å². The van der Waals surface area contributed by atoms with Gasteiger partial charge in [0.1, 0.15) is 0 Å². The molecule has 2 unspecified atom stereocenters. The van der Waals surface area contributed by atoms with Crippen LogP contribution in [-0.2, 0) is 0 Å². The molecule has 0 aromatic carbocycles. The Balaban J connectivity index is 0.000000131. The minimum atomic E-state index is 0.576. The molecule has 0 amide bonds. The van der Waals surface area contributed by atoms with E-state index in [0.717, 1.165) is 12.1 Å². The summed E-state index contributed by atoms with van der Waals surface area (Å²) in [4.78, 5) is 4.85. The molecule has 20 heavy (non-hydrogen) atoms. The second kappa shape index (κ2) is 7.21. The van der Waals surface area contributed by atoms with Gasteiger partial charge in [-0.1, -0.05) is 13.8 Å². The van der Waals surface area contributed by atoms with Gasteiger partial charge < -0.3 is 20.4 Å². The molecule has 3 saturated heterocycles. The highest BCUT2D eigenvalue weighted by atomic mass is 15.2. The van der Waals surface area contributed by atoms with Crippen molar-refractivity contribution in [3.05, 3.63) is 0 Å². The predicted molar refractivity (Wildman–Crippen MR) is 86.3 cm³/mol. The van der Waals surface area contributed by atoms with Gasteiger partial charge in [-0.05, 0) is 39.8 Å². The standard InChI is InChI=1S/2C7H14N2.C2H6/c1-9-4-6-2-3-7(5-9)8-6;1-9-5-4-8-7(6-9)2-3-7;1-2/h6-8H,2-5H2,1H3;8H,2-6H2,1H3;1-2H3. The molecule has 1 saturated carbocycles. The van der Waals surface area contributed by atoms with E-state index in [1.165, 1.54) is 58.4 Å². The van der Waals surface area contributed by atoms with Crippen molar-refractivity contribution in [2.24, 2.45) is 0 Å². The van der Waals surface area contributed by atoms with Gasteiger partial charge >= 0.3 is 0 Å². The predicted octanol–water partition coefficient (Wildman–Crippen LogP) is 1.13. The Hall–Kier alpha value is -0.160. The van der Waals surface area contributed by atoms with Gasteiger partial charge in [0.2, 0.25) is 0 Å². The van der Waals surface area contributed by atoms with Gasteiger partial charge in [0.05, 0.1) is 0 Å². The number of rotatable bonds is 0. The van der Waals surface area contributed by atoms with Gasteiger partial charge in [0.15, 0.2) is 0 Å². The fraction of sp³-hybridized carbons (Fsp3) is 1.00. The zero-order chi connectivity index (χ0) is 14.6. The Morgan fingerprint density at radius 3 is 2.00 bits per heavy atom. The van der Waals surface area contributed by atoms with Crippen LogP contribution >= 0.6 is 0 Å². The lowest BCUT2D eigenvalue weighted by atomic mass is 10.2. The molecule has 1 aliphatic carbocycles. The summed E-state index contributed by atoms with van der Waals surface area (Å²) in [5.41, 5.74) is 0.576. The van der Waals surface area contributed by atoms with Crippen LogP contribution in [0.4, 0.5) is 0 Å². The van der Waals surface area contributed by atoms with Crippen LogP contribution in [0.2, 0.25) is 0 Å². The molecule has 3 aliphatic heterocycles. The number of nitrogens with one attached hydrogen (secondary N) is 2. The molecule has 1 spiro atoms. The first-order valence-corrected chi connectivity index (χ1v) is 8.53. The van der Waals surface area contributed by atoms with Gasteiger partial charge in [-0.25, -0.2) is 0 Å². The van der Waals surface area contributed by atoms with E-state index in [-0.39, 0.29) is 0 Å². The van der Waals surface area contributed by atoms with Gasteiger partial charge in [0, 0.05) is 50.3 Å². The summed E-state index contributed by atoms with van der Waals surface area (Å²) >= 11 is 0. The largest absolute Gasteiger partial charge is 0.309 e. The molecular weight excluding hydrogens is 248 g/mol. The molecule has 4 heteroatoms. The highest BCUT2D eigenvalue weighted by molar-refractivity contribution is 5.05. The first-order valence-electron chi connectivity index (χ1n) is 8.53. The van der Waals surface area contributed by atoms with Crippen LogP contribution in [0.25, 0.3) is 0 Å². The van der Waals surface area contributed by atoms with Gasteiger partial charge in [-0.3, -0.25) is 0 Å². The summed E-state index contributed by atoms with van der Waals surface area (Å²) in [6.07, 6.45) is 5.60. The number of likely N-dealkylation sites (N-methyl/N-ethyl adjacent to an activating group) is 2. The van der Waals surface area contributed by atoms with Crippen molar-refractivity contribution >= 4 is 0 Å². The second-order valence-corrected chi connectivity index (χ2v) is 6.80. The van der Waals surface area contributed by atoms with Crippen molar-refractivity contribution in [1.82, 2.24) is 20.4 Å². The van der Waals surface area contributed by atoms with Crippen molar-refractivity contribution in [2.75, 3.05) is 46.8 Å². The third kappa shape index (κ3) is 4.42. The molecule has 118 valence electrons. The number of nitrogens with zero attached hydrogens (tertiary/aromatic N) is 2. The zero-order valence-corrected chi connectivity index (χ0v) is 13.9. The average molecular weight is 282 g/mol. The molecule has 4 fully saturated rings. The molecule has 2 bridgehead atoms. The van der Waals surface area contributed by atoms with Gasteiger partial charge in [-0.15, -0.1) is 0 Å². The van der Waals surface area contributed by atoms with Gasteiger partial charge in [0.25, 0.3) is 0 Å². The van der Waals surface area contributed by atoms with E-state index in [9.17, 15) is 0 Å². The molecule has 4 nitrogen and oxygen atoms in total. The summed E-state index contributed by atoms with van der Waals surface area (Å²) in [5.74, 6) is 0. The Morgan fingerprint density at radius 1 is 0.950 bits per heavy atom. The van der Waals surface area contributed by atoms with Crippen LogP contribution < -0.4 is 10.6 Å². The summed E-state index contributed by atoms with van der Waals surface area (Å²) < 4.78 is 0. The van der Waals surface area contributed by atoms with Crippen molar-refractivity contribution < 1.29 is 0 Å². The van der Waals surface area contributed by atoms with Crippen molar-refractivity contribution in [3.8, 4) is 0 Å². The lowest BCUT2D eigenvalue weighted by Gasteiger charge is -2.30. The topological polar surface area (TPSA) is 30.5 Å². The smallest absolute Gasteiger partial charge is 0.0310 e. The van der Waals surface area contributed by atoms with E-state index < -0.39 is 0 Å². The van der Waals surface area contributed by atoms with Crippen LogP contribution in [0.1, 0.15) is 39.5 Å². The summed E-state index contributed by atoms with van der Waals surface area (Å²) in [5, 5.41) is 7.14. The monoisotopic (exact) mass is 282 g/mol. The second-order valence-electron chi connectivity index (χ2n) is 6.80. The molecule has 0 aromatic rings. The van der Waals surface area contributed by atoms with E-state index >= 15 is 0 Å². The third-order valence-electron chi connectivity index (χ3n) is 4.82. The molecule has 4 aliphatic rings. The molecule has 2 N–H and O–H groups in total. The fourth-order valence-electron chi connectivity index (χ4n) is 3.67. The van der Waals surface area contributed by atoms with E-state index in [4.69, 9.17) is 0 Å². The zero-order valence-electron chi connectivity index (χ0n) is 13.9. The molecule has 4 rings (SSSR count). The minimum Gasteiger partial charge on any atom is -0.309 e. The highest BCUT2D eigenvalue weighted by Gasteiger charge is 2.44. The number of fused-ring (bicyclic) bond motifs is 2. The van der Waals surface area contributed by atoms with Crippen LogP contribution in [0.15, 0.2) is 0 Å². The fourth-order valence-corrected chi connectivity index (χ4v) is 3.67. The summed E-state index contributed by atoms with van der Waals surface area (Å²) in [6.45, 7) is 10.2. The quantitative estimate of drug-likeness (QED) is 0.697. The number of hydrogen-bond donors (Lipinski definition) is 2. The number of likely N-dealkylation sites (tertiary alicyclic amines) is 1. The molecule has 0 radical (unpaired) electrons. The first kappa shape index (κ1) is 16.2. The highest BCUT2D eigenvalue weighted by Crippen LogP contribution is 2.36. The van der Waals surface area contributed by atoms with E-state index in [2.05, 4.69) is 34.5 Å². The summed E-state index contributed by atoms with van der Waals surface area (Å²) in [6, 6.07) is 1.63. The van der Waals surface area contributed by atoms with Crippen molar-refractivity contribution in [3.63, 3.8) is 0 Å². The van der Waals surface area contributed by atoms with Crippen LogP contribution in [0.3, 0.4) is 0 Å². The van der Waals surface area contributed by atoms with Crippen molar-refractivity contribution in [2.45, 2.75) is 57.2 Å². The maximum Gasteiger partial charge on any atom is 0.0310 e. The normalized spacial score (nSPS) is 34.8. The maximum absolute atomic E-state index is 3.58. The van der Waals surface area contributed by atoms with Crippen LogP contribution in [0, 0.1) is 0 Å². The number of piperazine rings is 2. The first-order chi connectivity index (χ1) is 9.65. The van der Waals surface area contributed by atoms with Gasteiger partial charge in [-0.2, -0.15) is 0 Å². The summed E-state index contributed by atoms with van der Waals surface area (Å²) in [7, 11) is 4.42. The Kier molecular flexibility index (Phi) is 5.84. The van der Waals surface area contributed by atoms with Crippen LogP contribution in [0.5, 0.6) is 0 Å². The van der Waals surface area contributed by atoms with E-state index in [1.54, 1.807) is 0 Å². The van der Waals surface area contributed by atoms with Crippen molar-refractivity contribution in [1.29, 1.82) is 0 Å². The minimum absolute atomic E-state index is 0.576.